The Morgan fingerprint density at radius 1 is 1.13 bits per heavy atom. The number of carbonyl (C=O) groups is 1. The lowest BCUT2D eigenvalue weighted by Gasteiger charge is -2.19. The van der Waals surface area contributed by atoms with Gasteiger partial charge in [-0.15, -0.1) is 0 Å². The average molecular weight is 311 g/mol. The summed E-state index contributed by atoms with van der Waals surface area (Å²) in [6.07, 6.45) is 2.46. The molecule has 2 aromatic rings. The van der Waals surface area contributed by atoms with Crippen LogP contribution in [-0.4, -0.2) is 24.0 Å². The van der Waals surface area contributed by atoms with E-state index in [4.69, 9.17) is 0 Å². The Balaban J connectivity index is 1.79. The van der Waals surface area contributed by atoms with Crippen LogP contribution in [0.25, 0.3) is 0 Å². The van der Waals surface area contributed by atoms with Crippen molar-refractivity contribution in [1.82, 2.24) is 4.98 Å². The molecule has 1 amide bonds. The van der Waals surface area contributed by atoms with Gasteiger partial charge in [0, 0.05) is 30.2 Å². The summed E-state index contributed by atoms with van der Waals surface area (Å²) in [5, 5.41) is 2.83. The SMILES string of the molecule is Cc1ccc(C(=O)Nc2ccc(N3CCCC3)cc2C)c(=O)[nH]1. The van der Waals surface area contributed by atoms with E-state index in [1.807, 2.05) is 19.1 Å². The third-order valence-corrected chi connectivity index (χ3v) is 4.23. The van der Waals surface area contributed by atoms with Gasteiger partial charge in [0.2, 0.25) is 0 Å². The lowest BCUT2D eigenvalue weighted by molar-refractivity contribution is 0.102. The van der Waals surface area contributed by atoms with E-state index in [0.29, 0.717) is 0 Å². The van der Waals surface area contributed by atoms with Gasteiger partial charge in [-0.05, 0) is 62.6 Å². The van der Waals surface area contributed by atoms with Crippen LogP contribution < -0.4 is 15.8 Å². The van der Waals surface area contributed by atoms with E-state index in [2.05, 4.69) is 21.3 Å². The summed E-state index contributed by atoms with van der Waals surface area (Å²) in [7, 11) is 0. The van der Waals surface area contributed by atoms with Gasteiger partial charge in [0.25, 0.3) is 11.5 Å². The van der Waals surface area contributed by atoms with E-state index >= 15 is 0 Å². The van der Waals surface area contributed by atoms with E-state index in [0.717, 1.165) is 30.0 Å². The first-order valence-corrected chi connectivity index (χ1v) is 7.91. The van der Waals surface area contributed by atoms with Crippen LogP contribution in [0.2, 0.25) is 0 Å². The maximum atomic E-state index is 12.3. The topological polar surface area (TPSA) is 65.2 Å². The number of nitrogens with one attached hydrogen (secondary N) is 2. The summed E-state index contributed by atoms with van der Waals surface area (Å²) in [6.45, 7) is 5.92. The fourth-order valence-corrected chi connectivity index (χ4v) is 2.90. The van der Waals surface area contributed by atoms with Gasteiger partial charge >= 0.3 is 0 Å². The van der Waals surface area contributed by atoms with E-state index in [-0.39, 0.29) is 17.0 Å². The van der Waals surface area contributed by atoms with Crippen LogP contribution in [-0.2, 0) is 0 Å². The standard InChI is InChI=1S/C18H21N3O2/c1-12-11-14(21-9-3-4-10-21)6-8-16(12)20-18(23)15-7-5-13(2)19-17(15)22/h5-8,11H,3-4,9-10H2,1-2H3,(H,19,22)(H,20,23). The number of hydrogen-bond donors (Lipinski definition) is 2. The van der Waals surface area contributed by atoms with Crippen molar-refractivity contribution in [1.29, 1.82) is 0 Å². The fourth-order valence-electron chi connectivity index (χ4n) is 2.90. The molecule has 1 fully saturated rings. The molecular weight excluding hydrogens is 290 g/mol. The molecular formula is C18H21N3O2. The Kier molecular flexibility index (Phi) is 4.19. The van der Waals surface area contributed by atoms with Crippen LogP contribution in [0, 0.1) is 13.8 Å². The van der Waals surface area contributed by atoms with Gasteiger partial charge in [0.1, 0.15) is 5.56 Å². The van der Waals surface area contributed by atoms with Crippen LogP contribution in [0.15, 0.2) is 35.1 Å². The molecule has 2 heterocycles. The molecule has 1 aliphatic heterocycles. The normalized spacial score (nSPS) is 14.1. The number of amides is 1. The van der Waals surface area contributed by atoms with Crippen LogP contribution >= 0.6 is 0 Å². The molecule has 1 aromatic carbocycles. The molecule has 0 bridgehead atoms. The number of pyridine rings is 1. The highest BCUT2D eigenvalue weighted by molar-refractivity contribution is 6.04. The number of aromatic nitrogens is 1. The van der Waals surface area contributed by atoms with Crippen LogP contribution in [0.3, 0.4) is 0 Å². The molecule has 0 aliphatic carbocycles. The van der Waals surface area contributed by atoms with Crippen molar-refractivity contribution >= 4 is 17.3 Å². The van der Waals surface area contributed by atoms with Crippen LogP contribution in [0.5, 0.6) is 0 Å². The second-order valence-electron chi connectivity index (χ2n) is 6.03. The Morgan fingerprint density at radius 3 is 2.52 bits per heavy atom. The number of nitrogens with zero attached hydrogens (tertiary/aromatic N) is 1. The van der Waals surface area contributed by atoms with Crippen molar-refractivity contribution in [3.05, 3.63) is 57.5 Å². The van der Waals surface area contributed by atoms with Crippen molar-refractivity contribution in [3.63, 3.8) is 0 Å². The van der Waals surface area contributed by atoms with Gasteiger partial charge < -0.3 is 15.2 Å². The molecule has 0 radical (unpaired) electrons. The van der Waals surface area contributed by atoms with Crippen LogP contribution in [0.4, 0.5) is 11.4 Å². The van der Waals surface area contributed by atoms with Gasteiger partial charge in [-0.25, -0.2) is 0 Å². The molecule has 5 heteroatoms. The maximum Gasteiger partial charge on any atom is 0.261 e. The number of carbonyl (C=O) groups excluding carboxylic acids is 1. The fraction of sp³-hybridized carbons (Fsp3) is 0.333. The lowest BCUT2D eigenvalue weighted by Crippen LogP contribution is -2.23. The number of anilines is 2. The quantitative estimate of drug-likeness (QED) is 0.916. The summed E-state index contributed by atoms with van der Waals surface area (Å²) in [5.74, 6) is -0.386. The summed E-state index contributed by atoms with van der Waals surface area (Å²) in [4.78, 5) is 29.2. The molecule has 2 N–H and O–H groups in total. The Morgan fingerprint density at radius 2 is 1.87 bits per heavy atom. The van der Waals surface area contributed by atoms with E-state index in [1.165, 1.54) is 18.5 Å². The van der Waals surface area contributed by atoms with Crippen molar-refractivity contribution in [3.8, 4) is 0 Å². The molecule has 1 aliphatic rings. The molecule has 0 spiro atoms. The minimum atomic E-state index is -0.386. The first-order valence-electron chi connectivity index (χ1n) is 7.91. The Bertz CT molecular complexity index is 789. The van der Waals surface area contributed by atoms with Gasteiger partial charge in [0.05, 0.1) is 0 Å². The Hall–Kier alpha value is -2.56. The lowest BCUT2D eigenvalue weighted by atomic mass is 10.1. The smallest absolute Gasteiger partial charge is 0.261 e. The zero-order valence-corrected chi connectivity index (χ0v) is 13.5. The monoisotopic (exact) mass is 311 g/mol. The summed E-state index contributed by atoms with van der Waals surface area (Å²) in [6, 6.07) is 9.29. The maximum absolute atomic E-state index is 12.3. The van der Waals surface area contributed by atoms with Gasteiger partial charge in [-0.2, -0.15) is 0 Å². The number of rotatable bonds is 3. The van der Waals surface area contributed by atoms with Crippen molar-refractivity contribution in [2.45, 2.75) is 26.7 Å². The highest BCUT2D eigenvalue weighted by Gasteiger charge is 2.15. The minimum absolute atomic E-state index is 0.124. The van der Waals surface area contributed by atoms with Crippen molar-refractivity contribution in [2.75, 3.05) is 23.3 Å². The second-order valence-corrected chi connectivity index (χ2v) is 6.03. The van der Waals surface area contributed by atoms with Crippen LogP contribution in [0.1, 0.15) is 34.5 Å². The molecule has 5 nitrogen and oxygen atoms in total. The third kappa shape index (κ3) is 3.28. The first kappa shape index (κ1) is 15.3. The number of benzene rings is 1. The van der Waals surface area contributed by atoms with Gasteiger partial charge in [-0.3, -0.25) is 9.59 Å². The van der Waals surface area contributed by atoms with E-state index in [9.17, 15) is 9.59 Å². The first-order chi connectivity index (χ1) is 11.0. The highest BCUT2D eigenvalue weighted by Crippen LogP contribution is 2.25. The van der Waals surface area contributed by atoms with E-state index in [1.54, 1.807) is 19.1 Å². The predicted octanol–water partition coefficient (Wildman–Crippen LogP) is 2.84. The summed E-state index contributed by atoms with van der Waals surface area (Å²) < 4.78 is 0. The molecule has 1 aromatic heterocycles. The van der Waals surface area contributed by atoms with Crippen molar-refractivity contribution in [2.24, 2.45) is 0 Å². The van der Waals surface area contributed by atoms with Gasteiger partial charge in [0.15, 0.2) is 0 Å². The van der Waals surface area contributed by atoms with E-state index < -0.39 is 0 Å². The largest absolute Gasteiger partial charge is 0.372 e. The zero-order chi connectivity index (χ0) is 16.4. The minimum Gasteiger partial charge on any atom is -0.372 e. The van der Waals surface area contributed by atoms with Gasteiger partial charge in [-0.1, -0.05) is 0 Å². The molecule has 3 rings (SSSR count). The summed E-state index contributed by atoms with van der Waals surface area (Å²) >= 11 is 0. The molecule has 0 atom stereocenters. The number of H-pyrrole nitrogens is 1. The summed E-state index contributed by atoms with van der Waals surface area (Å²) in [5.41, 5.74) is 3.40. The highest BCUT2D eigenvalue weighted by atomic mass is 16.2. The molecule has 0 unspecified atom stereocenters. The number of aromatic amines is 1. The molecule has 0 saturated carbocycles. The molecule has 23 heavy (non-hydrogen) atoms. The molecule has 1 saturated heterocycles. The Labute approximate surface area is 135 Å². The predicted molar refractivity (Wildman–Crippen MR) is 92.4 cm³/mol. The number of hydrogen-bond acceptors (Lipinski definition) is 3. The average Bonchev–Trinajstić information content (AvgIpc) is 3.03. The second kappa shape index (κ2) is 6.28. The van der Waals surface area contributed by atoms with Crippen molar-refractivity contribution < 1.29 is 4.79 Å². The zero-order valence-electron chi connectivity index (χ0n) is 13.5. The number of aryl methyl sites for hydroxylation is 2. The molecule has 120 valence electrons. The third-order valence-electron chi connectivity index (χ3n) is 4.23.